The van der Waals surface area contributed by atoms with Crippen molar-refractivity contribution in [3.8, 4) is 5.75 Å². The summed E-state index contributed by atoms with van der Waals surface area (Å²) in [5.74, 6) is 1.46. The first-order valence-corrected chi connectivity index (χ1v) is 10.2. The molecule has 1 saturated heterocycles. The normalized spacial score (nSPS) is 19.6. The van der Waals surface area contributed by atoms with Crippen LogP contribution in [-0.2, 0) is 16.0 Å². The van der Waals surface area contributed by atoms with E-state index in [-0.39, 0.29) is 0 Å². The summed E-state index contributed by atoms with van der Waals surface area (Å²) in [4.78, 5) is 5.05. The Morgan fingerprint density at radius 1 is 1.04 bits per heavy atom. The summed E-state index contributed by atoms with van der Waals surface area (Å²) >= 11 is 0. The maximum absolute atomic E-state index is 5.78. The molecule has 2 aromatic carbocycles. The minimum absolute atomic E-state index is 0.551. The second-order valence-corrected chi connectivity index (χ2v) is 7.54. The second-order valence-electron chi connectivity index (χ2n) is 7.54. The van der Waals surface area contributed by atoms with Crippen LogP contribution in [0.15, 0.2) is 48.5 Å². The van der Waals surface area contributed by atoms with Crippen LogP contribution in [0.1, 0.15) is 17.0 Å². The van der Waals surface area contributed by atoms with Crippen molar-refractivity contribution in [2.75, 3.05) is 64.6 Å². The highest BCUT2D eigenvalue weighted by molar-refractivity contribution is 5.60. The van der Waals surface area contributed by atoms with Gasteiger partial charge in [-0.25, -0.2) is 0 Å². The van der Waals surface area contributed by atoms with Gasteiger partial charge in [-0.05, 0) is 29.3 Å². The van der Waals surface area contributed by atoms with E-state index < -0.39 is 0 Å². The molecule has 0 spiro atoms. The number of ether oxygens (including phenoxy) is 3. The predicted molar refractivity (Wildman–Crippen MR) is 111 cm³/mol. The van der Waals surface area contributed by atoms with Gasteiger partial charge in [-0.2, -0.15) is 0 Å². The number of benzene rings is 2. The zero-order valence-corrected chi connectivity index (χ0v) is 16.7. The zero-order chi connectivity index (χ0) is 19.2. The molecule has 5 heteroatoms. The lowest BCUT2D eigenvalue weighted by Crippen LogP contribution is -2.39. The number of hydrogen-bond acceptors (Lipinski definition) is 5. The Kier molecular flexibility index (Phi) is 6.47. The van der Waals surface area contributed by atoms with Crippen molar-refractivity contribution in [1.29, 1.82) is 0 Å². The Labute approximate surface area is 167 Å². The first kappa shape index (κ1) is 19.2. The third-order valence-corrected chi connectivity index (χ3v) is 5.57. The molecule has 0 amide bonds. The molecule has 1 atom stereocenters. The highest BCUT2D eigenvalue weighted by Gasteiger charge is 2.30. The van der Waals surface area contributed by atoms with Crippen molar-refractivity contribution >= 4 is 5.69 Å². The molecule has 150 valence electrons. The summed E-state index contributed by atoms with van der Waals surface area (Å²) in [7, 11) is 1.69. The van der Waals surface area contributed by atoms with Gasteiger partial charge in [0.15, 0.2) is 0 Å². The number of nitrogens with zero attached hydrogens (tertiary/aromatic N) is 2. The molecule has 5 nitrogen and oxygen atoms in total. The molecule has 2 aliphatic heterocycles. The van der Waals surface area contributed by atoms with Gasteiger partial charge in [0.25, 0.3) is 0 Å². The van der Waals surface area contributed by atoms with Crippen LogP contribution in [-0.4, -0.2) is 64.6 Å². The number of methoxy groups -OCH3 is 1. The van der Waals surface area contributed by atoms with Crippen LogP contribution >= 0.6 is 0 Å². The number of morpholine rings is 1. The molecule has 0 saturated carbocycles. The lowest BCUT2D eigenvalue weighted by atomic mass is 10.0. The lowest BCUT2D eigenvalue weighted by Gasteiger charge is -2.29. The summed E-state index contributed by atoms with van der Waals surface area (Å²) < 4.78 is 16.4. The van der Waals surface area contributed by atoms with Crippen molar-refractivity contribution in [3.63, 3.8) is 0 Å². The van der Waals surface area contributed by atoms with Crippen molar-refractivity contribution in [3.05, 3.63) is 59.7 Å². The summed E-state index contributed by atoms with van der Waals surface area (Å²) in [6.07, 6.45) is 0. The van der Waals surface area contributed by atoms with Gasteiger partial charge in [-0.1, -0.05) is 30.3 Å². The van der Waals surface area contributed by atoms with Crippen LogP contribution in [0.4, 0.5) is 5.69 Å². The van der Waals surface area contributed by atoms with E-state index in [9.17, 15) is 0 Å². The van der Waals surface area contributed by atoms with E-state index in [1.165, 1.54) is 16.8 Å². The van der Waals surface area contributed by atoms with Gasteiger partial charge in [0.05, 0.1) is 19.8 Å². The van der Waals surface area contributed by atoms with Gasteiger partial charge in [-0.15, -0.1) is 0 Å². The van der Waals surface area contributed by atoms with Gasteiger partial charge >= 0.3 is 0 Å². The van der Waals surface area contributed by atoms with Crippen LogP contribution < -0.4 is 9.64 Å². The summed E-state index contributed by atoms with van der Waals surface area (Å²) in [5, 5.41) is 0. The third-order valence-electron chi connectivity index (χ3n) is 5.57. The number of anilines is 1. The molecule has 2 aliphatic rings. The highest BCUT2D eigenvalue weighted by Crippen LogP contribution is 2.37. The van der Waals surface area contributed by atoms with Crippen molar-refractivity contribution in [1.82, 2.24) is 4.90 Å². The molecular weight excluding hydrogens is 352 g/mol. The molecule has 0 N–H and O–H groups in total. The van der Waals surface area contributed by atoms with Gasteiger partial charge < -0.3 is 19.1 Å². The van der Waals surface area contributed by atoms with Crippen LogP contribution in [0.5, 0.6) is 5.75 Å². The molecule has 0 aliphatic carbocycles. The second kappa shape index (κ2) is 9.41. The topological polar surface area (TPSA) is 34.2 Å². The molecule has 4 rings (SSSR count). The molecule has 0 bridgehead atoms. The minimum Gasteiger partial charge on any atom is -0.491 e. The molecule has 28 heavy (non-hydrogen) atoms. The fourth-order valence-corrected chi connectivity index (χ4v) is 4.18. The van der Waals surface area contributed by atoms with Crippen LogP contribution in [0.25, 0.3) is 0 Å². The largest absolute Gasteiger partial charge is 0.491 e. The maximum atomic E-state index is 5.78. The van der Waals surface area contributed by atoms with Gasteiger partial charge in [0.2, 0.25) is 0 Å². The molecule has 0 radical (unpaired) electrons. The van der Waals surface area contributed by atoms with Crippen molar-refractivity contribution < 1.29 is 14.2 Å². The Morgan fingerprint density at radius 2 is 1.89 bits per heavy atom. The molecule has 1 fully saturated rings. The fraction of sp³-hybridized carbons (Fsp3) is 0.478. The third kappa shape index (κ3) is 4.66. The molecule has 2 heterocycles. The van der Waals surface area contributed by atoms with Gasteiger partial charge in [-0.3, -0.25) is 4.90 Å². The molecule has 0 aromatic heterocycles. The SMILES string of the molecule is COCCOc1cccc(CN2CC(CN3CCOCC3)c3ccccc32)c1. The van der Waals surface area contributed by atoms with E-state index in [1.54, 1.807) is 7.11 Å². The van der Waals surface area contributed by atoms with Crippen LogP contribution in [0.2, 0.25) is 0 Å². The van der Waals surface area contributed by atoms with Gasteiger partial charge in [0.1, 0.15) is 12.4 Å². The monoisotopic (exact) mass is 382 g/mol. The first-order valence-electron chi connectivity index (χ1n) is 10.2. The van der Waals surface area contributed by atoms with Crippen LogP contribution in [0, 0.1) is 0 Å². The maximum Gasteiger partial charge on any atom is 0.119 e. The molecular formula is C23H30N2O3. The van der Waals surface area contributed by atoms with Crippen LogP contribution in [0.3, 0.4) is 0 Å². The average molecular weight is 383 g/mol. The molecule has 2 aromatic rings. The van der Waals surface area contributed by atoms with Crippen molar-refractivity contribution in [2.45, 2.75) is 12.5 Å². The summed E-state index contributed by atoms with van der Waals surface area (Å²) in [6.45, 7) is 8.04. The van der Waals surface area contributed by atoms with Crippen molar-refractivity contribution in [2.24, 2.45) is 0 Å². The van der Waals surface area contributed by atoms with E-state index in [0.29, 0.717) is 19.1 Å². The number of rotatable bonds is 8. The van der Waals surface area contributed by atoms with Gasteiger partial charge in [0, 0.05) is 51.4 Å². The minimum atomic E-state index is 0.551. The Hall–Kier alpha value is -2.08. The quantitative estimate of drug-likeness (QED) is 0.655. The van der Waals surface area contributed by atoms with E-state index in [4.69, 9.17) is 14.2 Å². The summed E-state index contributed by atoms with van der Waals surface area (Å²) in [6, 6.07) is 17.3. The van der Waals surface area contributed by atoms with E-state index in [2.05, 4.69) is 52.3 Å². The number of para-hydroxylation sites is 1. The predicted octanol–water partition coefficient (Wildman–Crippen LogP) is 3.15. The molecule has 1 unspecified atom stereocenters. The highest BCUT2D eigenvalue weighted by atomic mass is 16.5. The Bertz CT molecular complexity index is 761. The standard InChI is InChI=1S/C23H30N2O3/c1-26-13-14-28-21-6-4-5-19(15-21)16-25-18-20(17-24-9-11-27-12-10-24)22-7-2-3-8-23(22)25/h2-8,15,20H,9-14,16-18H2,1H3. The number of hydrogen-bond donors (Lipinski definition) is 0. The van der Waals surface area contributed by atoms with E-state index in [1.807, 2.05) is 6.07 Å². The van der Waals surface area contributed by atoms with E-state index >= 15 is 0 Å². The summed E-state index contributed by atoms with van der Waals surface area (Å²) in [5.41, 5.74) is 4.12. The lowest BCUT2D eigenvalue weighted by molar-refractivity contribution is 0.0356. The smallest absolute Gasteiger partial charge is 0.119 e. The first-order chi connectivity index (χ1) is 13.8. The Morgan fingerprint density at radius 3 is 2.75 bits per heavy atom. The number of fused-ring (bicyclic) bond motifs is 1. The Balaban J connectivity index is 1.44. The fourth-order valence-electron chi connectivity index (χ4n) is 4.18. The zero-order valence-electron chi connectivity index (χ0n) is 16.7. The average Bonchev–Trinajstić information content (AvgIpc) is 3.07. The van der Waals surface area contributed by atoms with E-state index in [0.717, 1.165) is 51.7 Å².